The van der Waals surface area contributed by atoms with E-state index in [0.29, 0.717) is 77.2 Å². The van der Waals surface area contributed by atoms with Crippen LogP contribution in [0.25, 0.3) is 10.9 Å². The molecule has 6 heterocycles. The van der Waals surface area contributed by atoms with E-state index in [4.69, 9.17) is 14.7 Å². The number of aryl methyl sites for hydroxylation is 2. The third-order valence-corrected chi connectivity index (χ3v) is 17.0. The van der Waals surface area contributed by atoms with Gasteiger partial charge in [-0.25, -0.2) is 9.37 Å². The first-order valence-electron chi connectivity index (χ1n) is 25.2. The third kappa shape index (κ3) is 10.3. The number of aliphatic hydroxyl groups excluding tert-OH is 1. The van der Waals surface area contributed by atoms with Gasteiger partial charge in [0, 0.05) is 91.9 Å². The summed E-state index contributed by atoms with van der Waals surface area (Å²) < 4.78 is 36.4. The third-order valence-electron chi connectivity index (χ3n) is 14.8. The molecule has 2 aromatic heterocycles. The van der Waals surface area contributed by atoms with Crippen molar-refractivity contribution >= 4 is 85.6 Å². The van der Waals surface area contributed by atoms with E-state index in [-0.39, 0.29) is 17.6 Å². The Bertz CT molecular complexity index is 2880. The van der Waals surface area contributed by atoms with Crippen LogP contribution in [0.3, 0.4) is 0 Å². The van der Waals surface area contributed by atoms with Crippen molar-refractivity contribution in [2.75, 3.05) is 86.2 Å². The summed E-state index contributed by atoms with van der Waals surface area (Å²) in [6.45, 7) is 20.0. The van der Waals surface area contributed by atoms with Crippen LogP contribution in [0.15, 0.2) is 59.2 Å². The normalized spacial score (nSPS) is 20.1. The van der Waals surface area contributed by atoms with Gasteiger partial charge in [-0.3, -0.25) is 24.4 Å². The van der Waals surface area contributed by atoms with Gasteiger partial charge in [0.2, 0.25) is 17.8 Å². The number of carbonyl (C=O) groups is 2. The van der Waals surface area contributed by atoms with E-state index in [2.05, 4.69) is 77.5 Å². The van der Waals surface area contributed by atoms with E-state index < -0.39 is 24.8 Å². The van der Waals surface area contributed by atoms with E-state index in [1.807, 2.05) is 45.0 Å². The van der Waals surface area contributed by atoms with Crippen LogP contribution in [0.2, 0.25) is 0 Å². The van der Waals surface area contributed by atoms with Crippen LogP contribution in [-0.2, 0) is 38.8 Å². The van der Waals surface area contributed by atoms with Crippen LogP contribution < -0.4 is 35.8 Å². The van der Waals surface area contributed by atoms with Gasteiger partial charge in [0.1, 0.15) is 36.8 Å². The first-order chi connectivity index (χ1) is 34.0. The lowest BCUT2D eigenvalue weighted by atomic mass is 9.82. The highest BCUT2D eigenvalue weighted by Crippen LogP contribution is 2.47. The summed E-state index contributed by atoms with van der Waals surface area (Å²) >= 11 is 3.64. The molecule has 0 aliphatic carbocycles. The van der Waals surface area contributed by atoms with E-state index in [1.165, 1.54) is 22.2 Å². The Morgan fingerprint density at radius 2 is 1.66 bits per heavy atom. The van der Waals surface area contributed by atoms with E-state index in [9.17, 15) is 19.3 Å². The number of hydrogen-bond acceptors (Lipinski definition) is 13. The number of aromatic nitrogens is 3. The maximum atomic E-state index is 15.7. The van der Waals surface area contributed by atoms with Crippen molar-refractivity contribution < 1.29 is 28.4 Å². The summed E-state index contributed by atoms with van der Waals surface area (Å²) in [5.41, 5.74) is 6.46. The van der Waals surface area contributed by atoms with Crippen molar-refractivity contribution in [2.24, 2.45) is 0 Å². The van der Waals surface area contributed by atoms with Gasteiger partial charge in [0.05, 0.1) is 33.4 Å². The Balaban J connectivity index is 0.832. The number of nitrogens with zero attached hydrogens (tertiary/aromatic N) is 7. The number of anilines is 6. The molecule has 71 heavy (non-hydrogen) atoms. The highest BCUT2D eigenvalue weighted by Gasteiger charge is 2.50. The van der Waals surface area contributed by atoms with Gasteiger partial charge >= 0.3 is 0 Å². The molecule has 4 N–H and O–H groups in total. The lowest BCUT2D eigenvalue weighted by Gasteiger charge is -2.43. The number of carbonyl (C=O) groups excluding carboxylic acids is 2. The SMILES string of the molecule is CCOc1cc(N2CCC(N3CCN(CCc4c(F)ccc5c4C(C)(C)C(=O)N5C4CCC(O)NC4=O)CC3)CC2)c(CC)cc1Nc1ncc(Br)c(Nc2ccc3nc(CC)ccc3c2P(C)(C)=O)n1. The monoisotopic (exact) mass is 1050 g/mol. The first kappa shape index (κ1) is 50.7. The largest absolute Gasteiger partial charge is 0.492 e. The number of rotatable bonds is 15. The average molecular weight is 1050 g/mol. The summed E-state index contributed by atoms with van der Waals surface area (Å²) in [5.74, 6) is 0.705. The van der Waals surface area contributed by atoms with Crippen molar-refractivity contribution in [2.45, 2.75) is 103 Å². The molecule has 3 aromatic carbocycles. The molecule has 2 atom stereocenters. The highest BCUT2D eigenvalue weighted by atomic mass is 79.9. The molecule has 378 valence electrons. The van der Waals surface area contributed by atoms with Gasteiger partial charge in [0.25, 0.3) is 0 Å². The van der Waals surface area contributed by atoms with Gasteiger partial charge in [-0.15, -0.1) is 0 Å². The predicted octanol–water partition coefficient (Wildman–Crippen LogP) is 8.24. The minimum atomic E-state index is -2.75. The minimum Gasteiger partial charge on any atom is -0.492 e. The molecule has 0 radical (unpaired) electrons. The molecular formula is C53H67BrFN10O5P. The molecule has 4 aliphatic heterocycles. The molecule has 9 rings (SSSR count). The van der Waals surface area contributed by atoms with Gasteiger partial charge in [-0.1, -0.05) is 19.9 Å². The second-order valence-corrected chi connectivity index (χ2v) is 24.1. The lowest BCUT2D eigenvalue weighted by Crippen LogP contribution is -2.56. The molecule has 0 spiro atoms. The van der Waals surface area contributed by atoms with Gasteiger partial charge in [-0.05, 0) is 148 Å². The Hall–Kier alpha value is -5.19. The molecule has 15 nitrogen and oxygen atoms in total. The summed E-state index contributed by atoms with van der Waals surface area (Å²) in [5, 5.41) is 21.0. The van der Waals surface area contributed by atoms with Crippen LogP contribution in [0.1, 0.15) is 82.7 Å². The smallest absolute Gasteiger partial charge is 0.245 e. The Morgan fingerprint density at radius 3 is 2.35 bits per heavy atom. The Morgan fingerprint density at radius 1 is 0.901 bits per heavy atom. The molecular weight excluding hydrogens is 987 g/mol. The first-order valence-corrected chi connectivity index (χ1v) is 28.6. The zero-order valence-electron chi connectivity index (χ0n) is 41.9. The van der Waals surface area contributed by atoms with Gasteiger partial charge in [-0.2, -0.15) is 4.98 Å². The van der Waals surface area contributed by atoms with Crippen LogP contribution >= 0.6 is 23.1 Å². The number of hydrogen-bond donors (Lipinski definition) is 4. The fourth-order valence-corrected chi connectivity index (χ4v) is 12.9. The van der Waals surface area contributed by atoms with Crippen LogP contribution in [0.4, 0.5) is 38.9 Å². The number of ether oxygens (including phenoxy) is 1. The number of benzene rings is 3. The molecule has 2 unspecified atom stereocenters. The number of halogens is 2. The zero-order chi connectivity index (χ0) is 50.4. The summed E-state index contributed by atoms with van der Waals surface area (Å²) in [4.78, 5) is 50.1. The maximum absolute atomic E-state index is 15.7. The number of aliphatic hydroxyl groups is 1. The van der Waals surface area contributed by atoms with Crippen molar-refractivity contribution in [3.05, 3.63) is 87.4 Å². The topological polar surface area (TPSA) is 168 Å². The molecule has 5 aromatic rings. The maximum Gasteiger partial charge on any atom is 0.245 e. The quantitative estimate of drug-likeness (QED) is 0.0741. The Labute approximate surface area is 424 Å². The van der Waals surface area contributed by atoms with Crippen LogP contribution in [0.5, 0.6) is 5.75 Å². The molecule has 4 aliphatic rings. The number of pyridine rings is 1. The predicted molar refractivity (Wildman–Crippen MR) is 285 cm³/mol. The second-order valence-electron chi connectivity index (χ2n) is 20.1. The van der Waals surface area contributed by atoms with Gasteiger partial charge in [0.15, 0.2) is 0 Å². The number of nitrogens with one attached hydrogen (secondary N) is 3. The molecule has 3 fully saturated rings. The number of fused-ring (bicyclic) bond motifs is 2. The summed E-state index contributed by atoms with van der Waals surface area (Å²) in [6, 6.07) is 15.0. The van der Waals surface area contributed by atoms with E-state index in [0.717, 1.165) is 98.3 Å². The molecule has 18 heteroatoms. The van der Waals surface area contributed by atoms with Crippen molar-refractivity contribution in [1.29, 1.82) is 0 Å². The number of amides is 2. The minimum absolute atomic E-state index is 0.218. The average Bonchev–Trinajstić information content (AvgIpc) is 3.55. The van der Waals surface area contributed by atoms with Crippen molar-refractivity contribution in [1.82, 2.24) is 30.1 Å². The summed E-state index contributed by atoms with van der Waals surface area (Å²) in [6.07, 6.45) is 5.65. The number of piperazine rings is 1. The van der Waals surface area contributed by atoms with Crippen LogP contribution in [0, 0.1) is 5.82 Å². The van der Waals surface area contributed by atoms with Crippen molar-refractivity contribution in [3.8, 4) is 5.75 Å². The van der Waals surface area contributed by atoms with E-state index in [1.54, 1.807) is 25.6 Å². The summed E-state index contributed by atoms with van der Waals surface area (Å²) in [7, 11) is -2.75. The molecule has 2 amide bonds. The standard InChI is InChI=1S/C53H67BrFN10O5P/c1-8-32-29-41(59-52-56-31-37(54)49(61-52)58-40-15-14-39-36(48(40)71(6,7)69)12-11-33(9-2)57-39)45(70-10-3)30-44(32)64-23-19-34(20-24-64)63-27-25-62(26-28-63)22-21-35-38(55)13-16-42-47(35)53(4,5)51(68)65(42)43-17-18-46(66)60-50(43)67/h11-16,29-31,34,43,46,66H,8-10,17-28H2,1-7H3,(H,60,67)(H2,56,58,59,61). The molecule has 3 saturated heterocycles. The number of piperidine rings is 2. The zero-order valence-corrected chi connectivity index (χ0v) is 44.4. The molecule has 0 saturated carbocycles. The van der Waals surface area contributed by atoms with Crippen molar-refractivity contribution in [3.63, 3.8) is 0 Å². The Kier molecular flexibility index (Phi) is 14.8. The fraction of sp³-hybridized carbons (Fsp3) is 0.491. The van der Waals surface area contributed by atoms with Crippen LogP contribution in [-0.4, -0.2) is 126 Å². The second kappa shape index (κ2) is 20.7. The fourth-order valence-electron chi connectivity index (χ4n) is 11.1. The highest BCUT2D eigenvalue weighted by molar-refractivity contribution is 9.10. The van der Waals surface area contributed by atoms with E-state index >= 15 is 4.39 Å². The lowest BCUT2D eigenvalue weighted by molar-refractivity contribution is -0.132. The van der Waals surface area contributed by atoms with Gasteiger partial charge < -0.3 is 40.2 Å². The molecule has 0 bridgehead atoms.